The summed E-state index contributed by atoms with van der Waals surface area (Å²) in [4.78, 5) is 2.43. The van der Waals surface area contributed by atoms with E-state index in [0.717, 1.165) is 17.1 Å². The first kappa shape index (κ1) is 28.8. The molecule has 0 aliphatic rings. The van der Waals surface area contributed by atoms with Crippen LogP contribution >= 0.6 is 11.3 Å². The van der Waals surface area contributed by atoms with E-state index in [4.69, 9.17) is 0 Å². The zero-order valence-corrected chi connectivity index (χ0v) is 28.1. The van der Waals surface area contributed by atoms with Crippen molar-refractivity contribution >= 4 is 80.9 Å². The molecule has 0 aliphatic heterocycles. The Hall–Kier alpha value is -6.22. The monoisotopic (exact) mass is 653 g/mol. The molecular formula is C48H31NS. The van der Waals surface area contributed by atoms with Crippen molar-refractivity contribution in [1.82, 2.24) is 0 Å². The van der Waals surface area contributed by atoms with Gasteiger partial charge in [-0.25, -0.2) is 0 Å². The van der Waals surface area contributed by atoms with Gasteiger partial charge in [0.2, 0.25) is 0 Å². The molecule has 0 fully saturated rings. The fourth-order valence-corrected chi connectivity index (χ4v) is 8.84. The number of nitrogens with zero attached hydrogens (tertiary/aromatic N) is 1. The van der Waals surface area contributed by atoms with E-state index < -0.39 is 0 Å². The molecule has 50 heavy (non-hydrogen) atoms. The second-order valence-corrected chi connectivity index (χ2v) is 14.0. The van der Waals surface area contributed by atoms with Crippen LogP contribution in [0.5, 0.6) is 0 Å². The van der Waals surface area contributed by atoms with Gasteiger partial charge >= 0.3 is 0 Å². The number of rotatable bonds is 5. The molecule has 9 aromatic carbocycles. The van der Waals surface area contributed by atoms with Gasteiger partial charge in [0.1, 0.15) is 0 Å². The van der Waals surface area contributed by atoms with Crippen molar-refractivity contribution in [2.45, 2.75) is 0 Å². The molecule has 0 saturated heterocycles. The molecule has 0 amide bonds. The van der Waals surface area contributed by atoms with E-state index in [0.29, 0.717) is 0 Å². The highest BCUT2D eigenvalue weighted by molar-refractivity contribution is 7.25. The number of fused-ring (bicyclic) bond motifs is 8. The van der Waals surface area contributed by atoms with Crippen LogP contribution in [0.25, 0.3) is 74.7 Å². The molecule has 1 nitrogen and oxygen atoms in total. The molecule has 0 saturated carbocycles. The summed E-state index contributed by atoms with van der Waals surface area (Å²) in [5.74, 6) is 0. The van der Waals surface area contributed by atoms with E-state index in [2.05, 4.69) is 193 Å². The molecule has 0 spiro atoms. The van der Waals surface area contributed by atoms with Gasteiger partial charge < -0.3 is 4.90 Å². The van der Waals surface area contributed by atoms with Gasteiger partial charge in [0.15, 0.2) is 0 Å². The molecule has 0 atom stereocenters. The molecule has 234 valence electrons. The predicted octanol–water partition coefficient (Wildman–Crippen LogP) is 14.3. The highest BCUT2D eigenvalue weighted by atomic mass is 32.1. The fourth-order valence-electron chi connectivity index (χ4n) is 7.71. The largest absolute Gasteiger partial charge is 0.310 e. The SMILES string of the molecule is c1ccc(-c2ccc(N(c3ccc(-c4cccc5sc6ccccc6c45)cc3)c3cccc4ccc5c6ccccc6ccc5c34)cc2)cc1. The van der Waals surface area contributed by atoms with Gasteiger partial charge in [-0.2, -0.15) is 0 Å². The third-order valence-corrected chi connectivity index (χ3v) is 11.2. The van der Waals surface area contributed by atoms with Crippen LogP contribution in [0, 0.1) is 0 Å². The van der Waals surface area contributed by atoms with Crippen molar-refractivity contribution in [2.24, 2.45) is 0 Å². The number of anilines is 3. The van der Waals surface area contributed by atoms with Crippen molar-refractivity contribution < 1.29 is 0 Å². The zero-order chi connectivity index (χ0) is 33.0. The van der Waals surface area contributed by atoms with E-state index in [1.54, 1.807) is 0 Å². The summed E-state index contributed by atoms with van der Waals surface area (Å²) in [5, 5.41) is 10.2. The lowest BCUT2D eigenvalue weighted by Gasteiger charge is -2.28. The second kappa shape index (κ2) is 11.7. The van der Waals surface area contributed by atoms with Gasteiger partial charge in [-0.05, 0) is 91.6 Å². The number of hydrogen-bond donors (Lipinski definition) is 0. The lowest BCUT2D eigenvalue weighted by molar-refractivity contribution is 1.30. The molecule has 2 heteroatoms. The van der Waals surface area contributed by atoms with Crippen molar-refractivity contribution in [3.8, 4) is 22.3 Å². The molecular weight excluding hydrogens is 623 g/mol. The highest BCUT2D eigenvalue weighted by Crippen LogP contribution is 2.45. The van der Waals surface area contributed by atoms with Gasteiger partial charge in [0, 0.05) is 36.9 Å². The van der Waals surface area contributed by atoms with Crippen molar-refractivity contribution in [2.75, 3.05) is 4.90 Å². The summed E-state index contributed by atoms with van der Waals surface area (Å²) in [6.45, 7) is 0. The van der Waals surface area contributed by atoms with Crippen LogP contribution in [0.3, 0.4) is 0 Å². The van der Waals surface area contributed by atoms with Gasteiger partial charge in [-0.3, -0.25) is 0 Å². The Kier molecular flexibility index (Phi) is 6.75. The topological polar surface area (TPSA) is 3.24 Å². The third-order valence-electron chi connectivity index (χ3n) is 10.1. The first-order valence-electron chi connectivity index (χ1n) is 17.1. The van der Waals surface area contributed by atoms with Crippen LogP contribution in [0.15, 0.2) is 188 Å². The Labute approximate surface area is 294 Å². The Bertz CT molecular complexity index is 2850. The molecule has 1 heterocycles. The van der Waals surface area contributed by atoms with E-state index in [9.17, 15) is 0 Å². The van der Waals surface area contributed by atoms with E-state index >= 15 is 0 Å². The molecule has 10 aromatic rings. The van der Waals surface area contributed by atoms with Gasteiger partial charge in [-0.1, -0.05) is 146 Å². The van der Waals surface area contributed by atoms with Crippen LogP contribution in [0.4, 0.5) is 17.1 Å². The summed E-state index contributed by atoms with van der Waals surface area (Å²) in [7, 11) is 0. The van der Waals surface area contributed by atoms with Crippen LogP contribution in [-0.4, -0.2) is 0 Å². The fraction of sp³-hybridized carbons (Fsp3) is 0. The third kappa shape index (κ3) is 4.69. The zero-order valence-electron chi connectivity index (χ0n) is 27.3. The summed E-state index contributed by atoms with van der Waals surface area (Å²) >= 11 is 1.87. The average molecular weight is 654 g/mol. The number of benzene rings is 9. The molecule has 0 N–H and O–H groups in total. The van der Waals surface area contributed by atoms with Crippen LogP contribution in [-0.2, 0) is 0 Å². The summed E-state index contributed by atoms with van der Waals surface area (Å²) in [6, 6.07) is 68.7. The van der Waals surface area contributed by atoms with Gasteiger partial charge in [0.25, 0.3) is 0 Å². The maximum absolute atomic E-state index is 2.43. The van der Waals surface area contributed by atoms with Crippen molar-refractivity contribution in [3.63, 3.8) is 0 Å². The van der Waals surface area contributed by atoms with E-state index in [-0.39, 0.29) is 0 Å². The molecule has 0 aliphatic carbocycles. The highest BCUT2D eigenvalue weighted by Gasteiger charge is 2.19. The normalized spacial score (nSPS) is 11.6. The number of hydrogen-bond acceptors (Lipinski definition) is 2. The Morgan fingerprint density at radius 3 is 1.74 bits per heavy atom. The second-order valence-electron chi connectivity index (χ2n) is 12.9. The summed E-state index contributed by atoms with van der Waals surface area (Å²) < 4.78 is 2.65. The minimum Gasteiger partial charge on any atom is -0.310 e. The summed E-state index contributed by atoms with van der Waals surface area (Å²) in [5.41, 5.74) is 8.31. The van der Waals surface area contributed by atoms with Crippen molar-refractivity contribution in [1.29, 1.82) is 0 Å². The van der Waals surface area contributed by atoms with Crippen molar-refractivity contribution in [3.05, 3.63) is 188 Å². The van der Waals surface area contributed by atoms with Crippen LogP contribution in [0.2, 0.25) is 0 Å². The molecule has 1 aromatic heterocycles. The standard InChI is InChI=1S/C48H31NS/c1-2-10-32(11-3-1)33-20-26-37(27-21-33)49(44-17-8-13-36-25-30-41-39-14-5-4-12-34(39)24-31-42(41)47(36)44)38-28-22-35(23-29-38)40-16-9-19-46-48(40)43-15-6-7-18-45(43)50-46/h1-31H. The first-order valence-corrected chi connectivity index (χ1v) is 17.9. The van der Waals surface area contributed by atoms with E-state index in [1.165, 1.54) is 74.7 Å². The summed E-state index contributed by atoms with van der Waals surface area (Å²) in [6.07, 6.45) is 0. The Morgan fingerprint density at radius 1 is 0.320 bits per heavy atom. The molecule has 0 bridgehead atoms. The molecule has 0 unspecified atom stereocenters. The number of thiophene rings is 1. The average Bonchev–Trinajstić information content (AvgIpc) is 3.58. The predicted molar refractivity (Wildman–Crippen MR) is 217 cm³/mol. The smallest absolute Gasteiger partial charge is 0.0546 e. The first-order chi connectivity index (χ1) is 24.8. The maximum atomic E-state index is 2.43. The molecule has 0 radical (unpaired) electrons. The lowest BCUT2D eigenvalue weighted by Crippen LogP contribution is -2.10. The molecule has 10 rings (SSSR count). The van der Waals surface area contributed by atoms with Gasteiger partial charge in [-0.15, -0.1) is 11.3 Å². The van der Waals surface area contributed by atoms with Crippen LogP contribution < -0.4 is 4.90 Å². The Balaban J connectivity index is 1.17. The lowest BCUT2D eigenvalue weighted by atomic mass is 9.95. The maximum Gasteiger partial charge on any atom is 0.0546 e. The van der Waals surface area contributed by atoms with E-state index in [1.807, 2.05) is 11.3 Å². The quantitative estimate of drug-likeness (QED) is 0.167. The Morgan fingerprint density at radius 2 is 0.920 bits per heavy atom. The minimum atomic E-state index is 1.12. The minimum absolute atomic E-state index is 1.12. The van der Waals surface area contributed by atoms with Gasteiger partial charge in [0.05, 0.1) is 5.69 Å². The van der Waals surface area contributed by atoms with Crippen LogP contribution in [0.1, 0.15) is 0 Å².